The van der Waals surface area contributed by atoms with E-state index in [4.69, 9.17) is 15.3 Å². The summed E-state index contributed by atoms with van der Waals surface area (Å²) < 4.78 is 81.7. The molecule has 0 aliphatic carbocycles. The van der Waals surface area contributed by atoms with E-state index in [1.54, 1.807) is 0 Å². The number of aliphatic carboxylic acids is 1. The van der Waals surface area contributed by atoms with Gasteiger partial charge in [-0.15, -0.1) is 0 Å². The summed E-state index contributed by atoms with van der Waals surface area (Å²) in [7, 11) is 0. The first-order valence-corrected chi connectivity index (χ1v) is 3.09. The molecule has 1 rings (SSSR count). The smallest absolute Gasteiger partial charge is 0.320 e. The maximum Gasteiger partial charge on any atom is 0.320 e. The minimum Gasteiger partial charge on any atom is -0.508 e. The van der Waals surface area contributed by atoms with E-state index in [1.807, 2.05) is 0 Å². The van der Waals surface area contributed by atoms with Crippen molar-refractivity contribution in [3.63, 3.8) is 0 Å². The van der Waals surface area contributed by atoms with Crippen molar-refractivity contribution in [2.24, 2.45) is 5.72 Å². The number of phenols is 1. The van der Waals surface area contributed by atoms with Gasteiger partial charge in [0.05, 0.1) is 6.85 Å². The summed E-state index contributed by atoms with van der Waals surface area (Å²) >= 11 is 0. The lowest BCUT2D eigenvalue weighted by Gasteiger charge is -2.05. The molecule has 1 atom stereocenters. The third-order valence-electron chi connectivity index (χ3n) is 1.04. The van der Waals surface area contributed by atoms with Crippen molar-refractivity contribution in [2.45, 2.75) is 12.4 Å². The zero-order valence-electron chi connectivity index (χ0n) is 17.2. The van der Waals surface area contributed by atoms with Crippen LogP contribution in [-0.4, -0.2) is 23.6 Å². The second-order valence-electron chi connectivity index (χ2n) is 1.97. The molecule has 1 aromatic rings. The zero-order chi connectivity index (χ0) is 19.0. The van der Waals surface area contributed by atoms with Crippen LogP contribution in [0.3, 0.4) is 0 Å². The van der Waals surface area contributed by atoms with E-state index >= 15 is 0 Å². The number of benzene rings is 1. The Hall–Kier alpha value is -1.55. The maximum absolute atomic E-state index is 11.6. The molecule has 0 amide bonds. The molecule has 4 nitrogen and oxygen atoms in total. The molecule has 0 radical (unpaired) electrons. The van der Waals surface area contributed by atoms with E-state index < -0.39 is 59.6 Å². The van der Waals surface area contributed by atoms with Gasteiger partial charge in [-0.3, -0.25) is 4.79 Å². The fraction of sp³-hybridized carbons (Fsp3) is 0.222. The largest absolute Gasteiger partial charge is 0.508 e. The van der Waals surface area contributed by atoms with Crippen molar-refractivity contribution < 1.29 is 27.4 Å². The summed E-state index contributed by atoms with van der Waals surface area (Å²) in [6, 6.07) is -7.57. The number of hydrogen-bond acceptors (Lipinski definition) is 4. The lowest BCUT2D eigenvalue weighted by molar-refractivity contribution is -0.138. The van der Waals surface area contributed by atoms with Crippen LogP contribution < -0.4 is 5.72 Å². The average Bonchev–Trinajstić information content (AvgIpc) is 2.51. The molecule has 0 heterocycles. The van der Waals surface area contributed by atoms with Crippen LogP contribution in [-0.2, 0) is 11.2 Å². The molecule has 0 saturated heterocycles. The molecular formula is C9H11NO3. The summed E-state index contributed by atoms with van der Waals surface area (Å²) in [5.74, 6) is -2.79. The predicted octanol–water partition coefficient (Wildman–Crippen LogP) is 0.347. The highest BCUT2D eigenvalue weighted by Crippen LogP contribution is 2.10. The number of hydrogen-bond donors (Lipinski definition) is 3. The second kappa shape index (κ2) is 3.91. The molecule has 0 unspecified atom stereocenters. The van der Waals surface area contributed by atoms with Gasteiger partial charge >= 0.3 is 5.97 Å². The first kappa shape index (κ1) is 2.48. The van der Waals surface area contributed by atoms with Crippen LogP contribution >= 0.6 is 0 Å². The normalized spacial score (nSPS) is 27.6. The van der Waals surface area contributed by atoms with Crippen LogP contribution in [0.1, 0.15) is 15.2 Å². The van der Waals surface area contributed by atoms with E-state index in [9.17, 15) is 4.79 Å². The lowest BCUT2D eigenvalue weighted by Crippen LogP contribution is -2.32. The lowest BCUT2D eigenvalue weighted by atomic mass is 10.1. The molecule has 0 spiro atoms. The minimum atomic E-state index is -3.53. The molecule has 0 fully saturated rings. The third kappa shape index (κ3) is 2.76. The topological polar surface area (TPSA) is 83.5 Å². The highest BCUT2D eigenvalue weighted by atomic mass is 16.4. The van der Waals surface area contributed by atoms with Gasteiger partial charge < -0.3 is 15.9 Å². The van der Waals surface area contributed by atoms with Crippen LogP contribution in [0.25, 0.3) is 1.43 Å². The number of phenolic OH excluding ortho intramolecular Hbond substituents is 1. The minimum absolute atomic E-state index is 0.703. The van der Waals surface area contributed by atoms with Crippen molar-refractivity contribution in [2.75, 3.05) is 0 Å². The van der Waals surface area contributed by atoms with Crippen molar-refractivity contribution in [3.8, 4) is 5.75 Å². The van der Waals surface area contributed by atoms with Gasteiger partial charge in [0.15, 0.2) is 0 Å². The first-order valence-electron chi connectivity index (χ1n) is 8.30. The Morgan fingerprint density at radius 3 is 3.15 bits per heavy atom. The zero-order valence-corrected chi connectivity index (χ0v) is 6.17. The van der Waals surface area contributed by atoms with Gasteiger partial charge in [0, 0.05) is 2.74 Å². The quantitative estimate of drug-likeness (QED) is 0.628. The number of carboxylic acids is 1. The molecule has 1 aromatic carbocycles. The first-order chi connectivity index (χ1) is 10.9. The van der Waals surface area contributed by atoms with Crippen LogP contribution in [0.15, 0.2) is 24.2 Å². The highest BCUT2D eigenvalue weighted by Gasteiger charge is 2.11. The highest BCUT2D eigenvalue weighted by molar-refractivity contribution is 5.73. The van der Waals surface area contributed by atoms with Gasteiger partial charge in [0.2, 0.25) is 0 Å². The van der Waals surface area contributed by atoms with Gasteiger partial charge in [-0.25, -0.2) is 0 Å². The Morgan fingerprint density at radius 1 is 1.85 bits per heavy atom. The Balaban J connectivity index is 3.85. The fourth-order valence-electron chi connectivity index (χ4n) is 0.533. The SMILES string of the molecule is [2H]OC(=O)[C@@]([2H])(N([2H])[2H])C([2H])([2H])c1c([2H])c([2H])c(O[2H])c([2H])c1[2H]. The van der Waals surface area contributed by atoms with Crippen LogP contribution in [0.4, 0.5) is 0 Å². The summed E-state index contributed by atoms with van der Waals surface area (Å²) in [4.78, 5) is 11.6. The van der Waals surface area contributed by atoms with Crippen LogP contribution in [0.5, 0.6) is 5.75 Å². The summed E-state index contributed by atoms with van der Waals surface area (Å²) in [5.41, 5.74) is -1.83. The van der Waals surface area contributed by atoms with Crippen molar-refractivity contribution in [1.82, 2.24) is 0 Å². The molecule has 0 aliphatic heterocycles. The predicted molar refractivity (Wildman–Crippen MR) is 47.4 cm³/mol. The van der Waals surface area contributed by atoms with Gasteiger partial charge in [0.25, 0.3) is 2.86 Å². The Kier molecular flexibility index (Phi) is 0.746. The summed E-state index contributed by atoms with van der Waals surface area (Å²) in [5, 5.41) is 7.47. The fourth-order valence-corrected chi connectivity index (χ4v) is 0.533. The van der Waals surface area contributed by atoms with Gasteiger partial charge in [-0.05, 0) is 24.0 Å². The monoisotopic (exact) mass is 192 g/mol. The summed E-state index contributed by atoms with van der Waals surface area (Å²) in [6.45, 7) is 0. The summed E-state index contributed by atoms with van der Waals surface area (Å²) in [6.07, 6.45) is -3.46. The van der Waals surface area contributed by atoms with Crippen molar-refractivity contribution in [1.29, 1.82) is 2.86 Å². The Bertz CT molecular complexity index is 638. The molecular weight excluding hydrogens is 170 g/mol. The Labute approximate surface area is 91.4 Å². The van der Waals surface area contributed by atoms with Gasteiger partial charge in [-0.1, -0.05) is 12.1 Å². The number of carbonyl (C=O) groups is 1. The third-order valence-corrected chi connectivity index (χ3v) is 1.04. The molecule has 0 aliphatic rings. The molecule has 13 heavy (non-hydrogen) atoms. The number of nitrogens with two attached hydrogens (primary N) is 1. The standard InChI is InChI=1S/C9H11NO3/c10-8(9(12)13)5-6-1-3-7(11)4-2-6/h1-4,8,11H,5,10H2,(H,12,13)/t8-/m0/s1/i1D,2D,3D,4D,5D2,8D/hD4. The van der Waals surface area contributed by atoms with E-state index in [2.05, 4.69) is 10.2 Å². The van der Waals surface area contributed by atoms with Crippen molar-refractivity contribution >= 4 is 5.97 Å². The molecule has 0 saturated carbocycles. The van der Waals surface area contributed by atoms with E-state index in [1.165, 1.54) is 0 Å². The van der Waals surface area contributed by atoms with E-state index in [-0.39, 0.29) is 0 Å². The number of carboxylic acid groups (broad SMARTS) is 1. The molecule has 4 heteroatoms. The maximum atomic E-state index is 11.6. The Morgan fingerprint density at radius 2 is 2.62 bits per heavy atom. The average molecular weight is 192 g/mol. The molecule has 0 bridgehead atoms. The molecule has 4 N–H and O–H groups in total. The molecule has 70 valence electrons. The number of aromatic hydroxyl groups is 1. The molecule has 0 aromatic heterocycles. The number of rotatable bonds is 5. The second-order valence-corrected chi connectivity index (χ2v) is 1.97. The van der Waals surface area contributed by atoms with Gasteiger partial charge in [0.1, 0.15) is 14.6 Å². The van der Waals surface area contributed by atoms with E-state index in [0.717, 1.165) is 0 Å². The van der Waals surface area contributed by atoms with Crippen LogP contribution in [0, 0.1) is 0 Å². The van der Waals surface area contributed by atoms with Crippen LogP contribution in [0.2, 0.25) is 2.82 Å². The van der Waals surface area contributed by atoms with E-state index in [0.29, 0.717) is 0 Å². The van der Waals surface area contributed by atoms with Crippen molar-refractivity contribution in [3.05, 3.63) is 29.7 Å². The van der Waals surface area contributed by atoms with Gasteiger partial charge in [-0.2, -0.15) is 0 Å².